The molecule has 1 aliphatic rings. The van der Waals surface area contributed by atoms with E-state index >= 15 is 0 Å². The maximum atomic E-state index is 11.6. The summed E-state index contributed by atoms with van der Waals surface area (Å²) in [6.07, 6.45) is 6.87. The molecule has 1 fully saturated rings. The lowest BCUT2D eigenvalue weighted by Gasteiger charge is -2.38. The Morgan fingerprint density at radius 3 is 2.45 bits per heavy atom. The zero-order chi connectivity index (χ0) is 15.2. The Morgan fingerprint density at radius 2 is 1.90 bits per heavy atom. The van der Waals surface area contributed by atoms with Gasteiger partial charge in [-0.25, -0.2) is 4.79 Å². The lowest BCUT2D eigenvalue weighted by Crippen LogP contribution is -2.54. The minimum absolute atomic E-state index is 0.269. The van der Waals surface area contributed by atoms with Gasteiger partial charge in [0.1, 0.15) is 5.60 Å². The molecule has 1 amide bonds. The van der Waals surface area contributed by atoms with Crippen LogP contribution in [-0.4, -0.2) is 29.8 Å². The number of rotatable bonds is 7. The van der Waals surface area contributed by atoms with Crippen molar-refractivity contribution in [3.8, 4) is 0 Å². The van der Waals surface area contributed by atoms with E-state index in [-0.39, 0.29) is 12.1 Å². The van der Waals surface area contributed by atoms with Gasteiger partial charge in [-0.2, -0.15) is 0 Å². The van der Waals surface area contributed by atoms with E-state index in [0.29, 0.717) is 12.1 Å². The van der Waals surface area contributed by atoms with Gasteiger partial charge >= 0.3 is 6.09 Å². The number of nitrogens with one attached hydrogen (secondary N) is 2. The van der Waals surface area contributed by atoms with Crippen molar-refractivity contribution in [3.05, 3.63) is 0 Å². The summed E-state index contributed by atoms with van der Waals surface area (Å²) < 4.78 is 5.26. The summed E-state index contributed by atoms with van der Waals surface area (Å²) in [4.78, 5) is 11.6. The Hall–Kier alpha value is -0.770. The van der Waals surface area contributed by atoms with Crippen molar-refractivity contribution in [1.29, 1.82) is 0 Å². The van der Waals surface area contributed by atoms with Gasteiger partial charge in [0.25, 0.3) is 0 Å². The molecule has 1 aliphatic carbocycles. The van der Waals surface area contributed by atoms with E-state index in [1.165, 1.54) is 25.7 Å². The molecule has 1 saturated carbocycles. The minimum atomic E-state index is -0.417. The van der Waals surface area contributed by atoms with Gasteiger partial charge in [-0.3, -0.25) is 0 Å². The van der Waals surface area contributed by atoms with Gasteiger partial charge in [0, 0.05) is 18.1 Å². The fourth-order valence-electron chi connectivity index (χ4n) is 2.53. The molecular weight excluding hydrogens is 252 g/mol. The summed E-state index contributed by atoms with van der Waals surface area (Å²) in [5.74, 6) is 0. The van der Waals surface area contributed by atoms with Crippen LogP contribution in [0.25, 0.3) is 0 Å². The molecule has 4 heteroatoms. The molecule has 0 spiro atoms. The number of unbranched alkanes of at least 4 members (excludes halogenated alkanes) is 2. The van der Waals surface area contributed by atoms with Crippen molar-refractivity contribution in [2.24, 2.45) is 0 Å². The molecule has 20 heavy (non-hydrogen) atoms. The molecule has 0 heterocycles. The van der Waals surface area contributed by atoms with Crippen LogP contribution in [0.3, 0.4) is 0 Å². The normalized spacial score (nSPS) is 23.9. The molecule has 1 rings (SSSR count). The molecule has 2 N–H and O–H groups in total. The summed E-state index contributed by atoms with van der Waals surface area (Å²) >= 11 is 0. The van der Waals surface area contributed by atoms with Crippen molar-refractivity contribution in [2.45, 2.75) is 96.9 Å². The first-order valence-corrected chi connectivity index (χ1v) is 8.05. The Kier molecular flexibility index (Phi) is 6.80. The second-order valence-corrected chi connectivity index (χ2v) is 7.07. The van der Waals surface area contributed by atoms with Gasteiger partial charge in [-0.15, -0.1) is 0 Å². The Bertz CT molecular complexity index is 293. The monoisotopic (exact) mass is 284 g/mol. The Morgan fingerprint density at radius 1 is 1.25 bits per heavy atom. The van der Waals surface area contributed by atoms with Crippen molar-refractivity contribution in [2.75, 3.05) is 0 Å². The maximum absolute atomic E-state index is 11.6. The van der Waals surface area contributed by atoms with Crippen LogP contribution in [0.15, 0.2) is 0 Å². The number of carbonyl (C=O) groups is 1. The molecule has 0 aromatic rings. The molecule has 0 bridgehead atoms. The van der Waals surface area contributed by atoms with E-state index in [0.717, 1.165) is 12.8 Å². The van der Waals surface area contributed by atoms with Crippen LogP contribution >= 0.6 is 0 Å². The van der Waals surface area contributed by atoms with Gasteiger partial charge in [0.2, 0.25) is 0 Å². The molecular formula is C16H32N2O2. The van der Waals surface area contributed by atoms with Crippen LogP contribution in [-0.2, 0) is 4.74 Å². The quantitative estimate of drug-likeness (QED) is 0.702. The zero-order valence-corrected chi connectivity index (χ0v) is 13.8. The predicted octanol–water partition coefficient (Wildman–Crippen LogP) is 3.60. The molecule has 0 radical (unpaired) electrons. The highest BCUT2D eigenvalue weighted by atomic mass is 16.6. The van der Waals surface area contributed by atoms with Gasteiger partial charge in [0.05, 0.1) is 0 Å². The van der Waals surface area contributed by atoms with E-state index in [1.54, 1.807) is 0 Å². The highest BCUT2D eigenvalue weighted by Crippen LogP contribution is 2.21. The summed E-state index contributed by atoms with van der Waals surface area (Å²) in [5, 5.41) is 6.56. The third-order valence-corrected chi connectivity index (χ3v) is 3.62. The fourth-order valence-corrected chi connectivity index (χ4v) is 2.53. The smallest absolute Gasteiger partial charge is 0.407 e. The standard InChI is InChI=1S/C16H32N2O2/c1-6-7-8-9-12(2)17-13-10-14(11-13)18-15(19)20-16(3,4)5/h12-14,17H,6-11H2,1-5H3,(H,18,19). The number of hydrogen-bond donors (Lipinski definition) is 2. The Labute approximate surface area is 124 Å². The highest BCUT2D eigenvalue weighted by Gasteiger charge is 2.31. The number of amides is 1. The largest absolute Gasteiger partial charge is 0.444 e. The lowest BCUT2D eigenvalue weighted by molar-refractivity contribution is 0.0463. The molecule has 0 saturated heterocycles. The van der Waals surface area contributed by atoms with E-state index < -0.39 is 5.60 Å². The van der Waals surface area contributed by atoms with Gasteiger partial charge in [0.15, 0.2) is 0 Å². The van der Waals surface area contributed by atoms with Crippen molar-refractivity contribution in [3.63, 3.8) is 0 Å². The van der Waals surface area contributed by atoms with Gasteiger partial charge in [-0.1, -0.05) is 26.2 Å². The van der Waals surface area contributed by atoms with Crippen molar-refractivity contribution < 1.29 is 9.53 Å². The molecule has 0 aromatic carbocycles. The summed E-state index contributed by atoms with van der Waals surface area (Å²) in [7, 11) is 0. The number of carbonyl (C=O) groups excluding carboxylic acids is 1. The zero-order valence-electron chi connectivity index (χ0n) is 13.8. The van der Waals surface area contributed by atoms with Crippen LogP contribution in [0.4, 0.5) is 4.79 Å². The summed E-state index contributed by atoms with van der Waals surface area (Å²) in [6.45, 7) is 10.1. The average molecular weight is 284 g/mol. The van der Waals surface area contributed by atoms with Crippen molar-refractivity contribution >= 4 is 6.09 Å². The molecule has 1 atom stereocenters. The second kappa shape index (κ2) is 7.87. The lowest BCUT2D eigenvalue weighted by atomic mass is 9.86. The van der Waals surface area contributed by atoms with Crippen LogP contribution in [0.5, 0.6) is 0 Å². The van der Waals surface area contributed by atoms with E-state index in [9.17, 15) is 4.79 Å². The van der Waals surface area contributed by atoms with Gasteiger partial charge < -0.3 is 15.4 Å². The molecule has 0 aromatic heterocycles. The van der Waals surface area contributed by atoms with Crippen LogP contribution in [0.1, 0.15) is 73.1 Å². The second-order valence-electron chi connectivity index (χ2n) is 7.07. The first-order chi connectivity index (χ1) is 9.30. The molecule has 118 valence electrons. The topological polar surface area (TPSA) is 50.4 Å². The van der Waals surface area contributed by atoms with E-state index in [1.807, 2.05) is 20.8 Å². The predicted molar refractivity (Wildman–Crippen MR) is 82.9 cm³/mol. The number of alkyl carbamates (subject to hydrolysis) is 1. The first-order valence-electron chi connectivity index (χ1n) is 8.05. The van der Waals surface area contributed by atoms with E-state index in [4.69, 9.17) is 4.74 Å². The number of ether oxygens (including phenoxy) is 1. The average Bonchev–Trinajstić information content (AvgIpc) is 2.23. The van der Waals surface area contributed by atoms with Crippen LogP contribution < -0.4 is 10.6 Å². The van der Waals surface area contributed by atoms with E-state index in [2.05, 4.69) is 24.5 Å². The number of hydrogen-bond acceptors (Lipinski definition) is 3. The first kappa shape index (κ1) is 17.3. The summed E-state index contributed by atoms with van der Waals surface area (Å²) in [5.41, 5.74) is -0.417. The SMILES string of the molecule is CCCCCC(C)NC1CC(NC(=O)OC(C)(C)C)C1. The van der Waals surface area contributed by atoms with Crippen molar-refractivity contribution in [1.82, 2.24) is 10.6 Å². The third kappa shape index (κ3) is 7.13. The molecule has 1 unspecified atom stereocenters. The summed E-state index contributed by atoms with van der Waals surface area (Å²) in [6, 6.07) is 1.39. The molecule has 0 aliphatic heterocycles. The van der Waals surface area contributed by atoms with Crippen LogP contribution in [0, 0.1) is 0 Å². The van der Waals surface area contributed by atoms with Crippen LogP contribution in [0.2, 0.25) is 0 Å². The Balaban J connectivity index is 2.09. The molecule has 4 nitrogen and oxygen atoms in total. The maximum Gasteiger partial charge on any atom is 0.407 e. The fraction of sp³-hybridized carbons (Fsp3) is 0.938. The highest BCUT2D eigenvalue weighted by molar-refractivity contribution is 5.68. The minimum Gasteiger partial charge on any atom is -0.444 e. The van der Waals surface area contributed by atoms with Gasteiger partial charge in [-0.05, 0) is 47.0 Å². The third-order valence-electron chi connectivity index (χ3n) is 3.62.